The molecule has 0 aliphatic rings. The van der Waals surface area contributed by atoms with Crippen molar-refractivity contribution in [1.82, 2.24) is 0 Å². The molecule has 0 saturated carbocycles. The maximum atomic E-state index is 12.4. The van der Waals surface area contributed by atoms with Gasteiger partial charge in [0.1, 0.15) is 5.75 Å². The van der Waals surface area contributed by atoms with Crippen LogP contribution in [0.2, 0.25) is 0 Å². The highest BCUT2D eigenvalue weighted by Gasteiger charge is 2.07. The number of ketones is 1. The number of ether oxygens (including phenoxy) is 1. The molecule has 0 aliphatic heterocycles. The fourth-order valence-corrected chi connectivity index (χ4v) is 2.31. The fraction of sp³-hybridized carbons (Fsp3) is 0.0455. The molecule has 0 spiro atoms. The quantitative estimate of drug-likeness (QED) is 0.531. The Balaban J connectivity index is 1.78. The number of rotatable bonds is 3. The summed E-state index contributed by atoms with van der Waals surface area (Å²) in [6.45, 7) is 0. The summed E-state index contributed by atoms with van der Waals surface area (Å²) in [4.78, 5) is 12.4. The highest BCUT2D eigenvalue weighted by Crippen LogP contribution is 2.13. The van der Waals surface area contributed by atoms with Gasteiger partial charge in [-0.1, -0.05) is 48.2 Å². The second-order valence-electron chi connectivity index (χ2n) is 5.25. The van der Waals surface area contributed by atoms with Crippen LogP contribution in [-0.2, 0) is 0 Å². The zero-order valence-corrected chi connectivity index (χ0v) is 13.3. The molecule has 3 rings (SSSR count). The van der Waals surface area contributed by atoms with Crippen LogP contribution in [-0.4, -0.2) is 12.9 Å². The number of methoxy groups -OCH3 is 1. The second-order valence-corrected chi connectivity index (χ2v) is 5.25. The first-order valence-electron chi connectivity index (χ1n) is 7.62. The van der Waals surface area contributed by atoms with Gasteiger partial charge in [-0.2, -0.15) is 0 Å². The third-order valence-corrected chi connectivity index (χ3v) is 3.60. The number of hydrogen-bond donors (Lipinski definition) is 0. The fourth-order valence-electron chi connectivity index (χ4n) is 2.31. The standard InChI is InChI=1S/C22H16O2/c1-24-21-9-5-6-18(16-21)11-10-17-12-14-20(15-13-17)22(23)19-7-3-2-4-8-19/h2-9,12-16H,1H3. The van der Waals surface area contributed by atoms with Crippen LogP contribution >= 0.6 is 0 Å². The van der Waals surface area contributed by atoms with E-state index in [1.54, 1.807) is 7.11 Å². The summed E-state index contributed by atoms with van der Waals surface area (Å²) in [5.74, 6) is 7.00. The summed E-state index contributed by atoms with van der Waals surface area (Å²) in [5.41, 5.74) is 3.10. The van der Waals surface area contributed by atoms with Crippen LogP contribution in [0.5, 0.6) is 5.75 Å². The maximum absolute atomic E-state index is 12.4. The highest BCUT2D eigenvalue weighted by molar-refractivity contribution is 6.08. The lowest BCUT2D eigenvalue weighted by molar-refractivity contribution is 0.103. The van der Waals surface area contributed by atoms with Gasteiger partial charge in [-0.25, -0.2) is 0 Å². The Morgan fingerprint density at radius 1 is 0.750 bits per heavy atom. The summed E-state index contributed by atoms with van der Waals surface area (Å²) < 4.78 is 5.19. The third-order valence-electron chi connectivity index (χ3n) is 3.60. The molecule has 0 amide bonds. The van der Waals surface area contributed by atoms with Gasteiger partial charge in [-0.05, 0) is 42.5 Å². The van der Waals surface area contributed by atoms with Crippen molar-refractivity contribution < 1.29 is 9.53 Å². The normalized spacial score (nSPS) is 9.71. The van der Waals surface area contributed by atoms with Crippen LogP contribution < -0.4 is 4.74 Å². The van der Waals surface area contributed by atoms with Gasteiger partial charge in [0.05, 0.1) is 7.11 Å². The van der Waals surface area contributed by atoms with Crippen molar-refractivity contribution in [1.29, 1.82) is 0 Å². The van der Waals surface area contributed by atoms with Gasteiger partial charge in [0.2, 0.25) is 0 Å². The predicted octanol–water partition coefficient (Wildman–Crippen LogP) is 4.33. The first kappa shape index (κ1) is 15.6. The van der Waals surface area contributed by atoms with Crippen molar-refractivity contribution in [3.05, 3.63) is 101 Å². The number of carbonyl (C=O) groups excluding carboxylic acids is 1. The number of carbonyl (C=O) groups is 1. The van der Waals surface area contributed by atoms with Gasteiger partial charge in [-0.3, -0.25) is 4.79 Å². The van der Waals surface area contributed by atoms with E-state index in [1.807, 2.05) is 78.9 Å². The Morgan fingerprint density at radius 2 is 1.42 bits per heavy atom. The topological polar surface area (TPSA) is 26.3 Å². The van der Waals surface area contributed by atoms with Gasteiger partial charge in [-0.15, -0.1) is 0 Å². The molecule has 0 heterocycles. The van der Waals surface area contributed by atoms with E-state index in [4.69, 9.17) is 4.74 Å². The molecule has 0 atom stereocenters. The largest absolute Gasteiger partial charge is 0.497 e. The van der Waals surface area contributed by atoms with E-state index in [9.17, 15) is 4.79 Å². The third kappa shape index (κ3) is 3.71. The van der Waals surface area contributed by atoms with Crippen LogP contribution in [0.15, 0.2) is 78.9 Å². The molecule has 0 fully saturated rings. The van der Waals surface area contributed by atoms with E-state index >= 15 is 0 Å². The van der Waals surface area contributed by atoms with Crippen molar-refractivity contribution in [3.8, 4) is 17.6 Å². The lowest BCUT2D eigenvalue weighted by Crippen LogP contribution is -2.00. The van der Waals surface area contributed by atoms with E-state index in [0.717, 1.165) is 16.9 Å². The molecule has 3 aromatic carbocycles. The molecule has 0 N–H and O–H groups in total. The molecule has 0 aliphatic carbocycles. The van der Waals surface area contributed by atoms with Crippen LogP contribution in [0.3, 0.4) is 0 Å². The lowest BCUT2D eigenvalue weighted by Gasteiger charge is -2.01. The Kier molecular flexibility index (Phi) is 4.74. The van der Waals surface area contributed by atoms with Crippen molar-refractivity contribution in [3.63, 3.8) is 0 Å². The molecule has 0 saturated heterocycles. The van der Waals surface area contributed by atoms with E-state index in [0.29, 0.717) is 11.1 Å². The minimum absolute atomic E-state index is 0.0166. The van der Waals surface area contributed by atoms with Crippen LogP contribution in [0.25, 0.3) is 0 Å². The molecule has 2 heteroatoms. The Hall–Kier alpha value is -3.31. The Morgan fingerprint density at radius 3 is 2.12 bits per heavy atom. The molecule has 0 radical (unpaired) electrons. The number of benzene rings is 3. The average Bonchev–Trinajstić information content (AvgIpc) is 2.67. The smallest absolute Gasteiger partial charge is 0.193 e. The summed E-state index contributed by atoms with van der Waals surface area (Å²) in [6.07, 6.45) is 0. The summed E-state index contributed by atoms with van der Waals surface area (Å²) in [6, 6.07) is 24.2. The minimum Gasteiger partial charge on any atom is -0.497 e. The minimum atomic E-state index is 0.0166. The SMILES string of the molecule is COc1cccc(C#Cc2ccc(C(=O)c3ccccc3)cc2)c1. The van der Waals surface area contributed by atoms with E-state index in [2.05, 4.69) is 11.8 Å². The van der Waals surface area contributed by atoms with Crippen molar-refractivity contribution >= 4 is 5.78 Å². The van der Waals surface area contributed by atoms with Gasteiger partial charge in [0.15, 0.2) is 5.78 Å². The zero-order valence-electron chi connectivity index (χ0n) is 13.3. The van der Waals surface area contributed by atoms with Gasteiger partial charge in [0.25, 0.3) is 0 Å². The van der Waals surface area contributed by atoms with E-state index < -0.39 is 0 Å². The van der Waals surface area contributed by atoms with Gasteiger partial charge >= 0.3 is 0 Å². The molecule has 2 nitrogen and oxygen atoms in total. The number of hydrogen-bond acceptors (Lipinski definition) is 2. The zero-order chi connectivity index (χ0) is 16.8. The predicted molar refractivity (Wildman–Crippen MR) is 95.3 cm³/mol. The molecular formula is C22H16O2. The monoisotopic (exact) mass is 312 g/mol. The molecule has 3 aromatic rings. The Labute approximate surface area is 141 Å². The summed E-state index contributed by atoms with van der Waals surface area (Å²) in [7, 11) is 1.63. The maximum Gasteiger partial charge on any atom is 0.193 e. The first-order valence-corrected chi connectivity index (χ1v) is 7.62. The average molecular weight is 312 g/mol. The van der Waals surface area contributed by atoms with Crippen LogP contribution in [0, 0.1) is 11.8 Å². The molecule has 0 bridgehead atoms. The van der Waals surface area contributed by atoms with Crippen LogP contribution in [0.1, 0.15) is 27.0 Å². The van der Waals surface area contributed by atoms with Crippen molar-refractivity contribution in [2.24, 2.45) is 0 Å². The molecule has 0 aromatic heterocycles. The Bertz CT molecular complexity index is 898. The van der Waals surface area contributed by atoms with E-state index in [-0.39, 0.29) is 5.78 Å². The summed E-state index contributed by atoms with van der Waals surface area (Å²) in [5, 5.41) is 0. The van der Waals surface area contributed by atoms with Crippen molar-refractivity contribution in [2.75, 3.05) is 7.11 Å². The highest BCUT2D eigenvalue weighted by atomic mass is 16.5. The van der Waals surface area contributed by atoms with E-state index in [1.165, 1.54) is 0 Å². The first-order chi connectivity index (χ1) is 11.8. The summed E-state index contributed by atoms with van der Waals surface area (Å²) >= 11 is 0. The lowest BCUT2D eigenvalue weighted by atomic mass is 10.0. The molecule has 116 valence electrons. The molecule has 0 unspecified atom stereocenters. The second kappa shape index (κ2) is 7.30. The molecule has 24 heavy (non-hydrogen) atoms. The van der Waals surface area contributed by atoms with Crippen LogP contribution in [0.4, 0.5) is 0 Å². The molecular weight excluding hydrogens is 296 g/mol. The van der Waals surface area contributed by atoms with Gasteiger partial charge in [0, 0.05) is 22.3 Å². The van der Waals surface area contributed by atoms with Gasteiger partial charge < -0.3 is 4.74 Å². The van der Waals surface area contributed by atoms with Crippen molar-refractivity contribution in [2.45, 2.75) is 0 Å².